The van der Waals surface area contributed by atoms with Crippen molar-refractivity contribution in [1.29, 1.82) is 0 Å². The van der Waals surface area contributed by atoms with Crippen LogP contribution in [-0.2, 0) is 14.3 Å². The maximum atomic E-state index is 11.5. The predicted octanol–water partition coefficient (Wildman–Crippen LogP) is 1.86. The second-order valence-corrected chi connectivity index (χ2v) is 4.57. The third-order valence-electron chi connectivity index (χ3n) is 2.47. The SMILES string of the molecule is CCOC(=O)CC(C(C=O)=CN(C)C)C(C)C. The molecule has 1 unspecified atom stereocenters. The van der Waals surface area contributed by atoms with E-state index in [9.17, 15) is 9.59 Å². The first-order valence-electron chi connectivity index (χ1n) is 5.91. The average molecular weight is 241 g/mol. The molecule has 0 rings (SSSR count). The molecule has 17 heavy (non-hydrogen) atoms. The molecule has 0 aliphatic rings. The third-order valence-corrected chi connectivity index (χ3v) is 2.47. The van der Waals surface area contributed by atoms with Crippen LogP contribution in [0.3, 0.4) is 0 Å². The summed E-state index contributed by atoms with van der Waals surface area (Å²) in [4.78, 5) is 24.4. The van der Waals surface area contributed by atoms with E-state index in [1.807, 2.05) is 32.8 Å². The van der Waals surface area contributed by atoms with Crippen molar-refractivity contribution in [3.8, 4) is 0 Å². The van der Waals surface area contributed by atoms with E-state index in [4.69, 9.17) is 4.74 Å². The number of esters is 1. The van der Waals surface area contributed by atoms with E-state index in [2.05, 4.69) is 0 Å². The Hall–Kier alpha value is -1.32. The minimum Gasteiger partial charge on any atom is -0.466 e. The number of aldehydes is 1. The van der Waals surface area contributed by atoms with Crippen molar-refractivity contribution in [3.05, 3.63) is 11.8 Å². The van der Waals surface area contributed by atoms with Gasteiger partial charge in [0, 0.05) is 31.8 Å². The lowest BCUT2D eigenvalue weighted by Gasteiger charge is -2.21. The van der Waals surface area contributed by atoms with Gasteiger partial charge in [0.05, 0.1) is 13.0 Å². The standard InChI is InChI=1S/C13H23NO3/c1-6-17-13(16)7-12(10(2)3)11(9-15)8-14(4)5/h8-10,12H,6-7H2,1-5H3. The van der Waals surface area contributed by atoms with Gasteiger partial charge in [0.1, 0.15) is 6.29 Å². The maximum Gasteiger partial charge on any atom is 0.306 e. The first-order chi connectivity index (χ1) is 7.92. The van der Waals surface area contributed by atoms with Gasteiger partial charge < -0.3 is 9.64 Å². The molecular formula is C13H23NO3. The van der Waals surface area contributed by atoms with Crippen molar-refractivity contribution in [3.63, 3.8) is 0 Å². The normalized spacial score (nSPS) is 13.4. The largest absolute Gasteiger partial charge is 0.466 e. The molecule has 0 aromatic rings. The van der Waals surface area contributed by atoms with Crippen LogP contribution in [0.15, 0.2) is 11.8 Å². The summed E-state index contributed by atoms with van der Waals surface area (Å²) < 4.78 is 4.93. The van der Waals surface area contributed by atoms with Crippen LogP contribution < -0.4 is 0 Å². The number of rotatable bonds is 7. The molecule has 98 valence electrons. The van der Waals surface area contributed by atoms with Crippen molar-refractivity contribution in [2.75, 3.05) is 20.7 Å². The van der Waals surface area contributed by atoms with E-state index < -0.39 is 0 Å². The van der Waals surface area contributed by atoms with Crippen LogP contribution in [0, 0.1) is 11.8 Å². The number of hydrogen-bond acceptors (Lipinski definition) is 4. The second-order valence-electron chi connectivity index (χ2n) is 4.57. The molecule has 0 radical (unpaired) electrons. The molecular weight excluding hydrogens is 218 g/mol. The molecule has 0 amide bonds. The van der Waals surface area contributed by atoms with Crippen LogP contribution >= 0.6 is 0 Å². The Balaban J connectivity index is 4.82. The fourth-order valence-corrected chi connectivity index (χ4v) is 1.65. The summed E-state index contributed by atoms with van der Waals surface area (Å²) in [5.74, 6) is -0.123. The van der Waals surface area contributed by atoms with Gasteiger partial charge >= 0.3 is 5.97 Å². The van der Waals surface area contributed by atoms with Gasteiger partial charge in [-0.2, -0.15) is 0 Å². The fraction of sp³-hybridized carbons (Fsp3) is 0.692. The Morgan fingerprint density at radius 1 is 1.35 bits per heavy atom. The molecule has 0 heterocycles. The van der Waals surface area contributed by atoms with Gasteiger partial charge in [-0.15, -0.1) is 0 Å². The predicted molar refractivity (Wildman–Crippen MR) is 67.4 cm³/mol. The highest BCUT2D eigenvalue weighted by molar-refractivity contribution is 5.77. The van der Waals surface area contributed by atoms with Crippen molar-refractivity contribution in [2.45, 2.75) is 27.2 Å². The summed E-state index contributed by atoms with van der Waals surface area (Å²) in [6.45, 7) is 6.14. The quantitative estimate of drug-likeness (QED) is 0.388. The van der Waals surface area contributed by atoms with Gasteiger partial charge in [-0.05, 0) is 12.8 Å². The molecule has 4 nitrogen and oxygen atoms in total. The summed E-state index contributed by atoms with van der Waals surface area (Å²) in [6, 6.07) is 0. The zero-order valence-electron chi connectivity index (χ0n) is 11.4. The Morgan fingerprint density at radius 3 is 2.29 bits per heavy atom. The van der Waals surface area contributed by atoms with Gasteiger partial charge in [0.2, 0.25) is 0 Å². The minimum absolute atomic E-state index is 0.0889. The summed E-state index contributed by atoms with van der Waals surface area (Å²) in [6.07, 6.45) is 2.84. The van der Waals surface area contributed by atoms with Crippen LogP contribution in [0.2, 0.25) is 0 Å². The lowest BCUT2D eigenvalue weighted by atomic mass is 9.86. The maximum absolute atomic E-state index is 11.5. The molecule has 0 aliphatic carbocycles. The van der Waals surface area contributed by atoms with E-state index in [0.717, 1.165) is 6.29 Å². The average Bonchev–Trinajstić information content (AvgIpc) is 2.22. The topological polar surface area (TPSA) is 46.6 Å². The molecule has 0 bridgehead atoms. The molecule has 1 atom stereocenters. The molecule has 0 N–H and O–H groups in total. The smallest absolute Gasteiger partial charge is 0.306 e. The summed E-state index contributed by atoms with van der Waals surface area (Å²) in [7, 11) is 3.70. The van der Waals surface area contributed by atoms with E-state index in [0.29, 0.717) is 12.2 Å². The first kappa shape index (κ1) is 15.7. The van der Waals surface area contributed by atoms with Crippen molar-refractivity contribution in [2.24, 2.45) is 11.8 Å². The van der Waals surface area contributed by atoms with Crippen LogP contribution in [-0.4, -0.2) is 37.9 Å². The number of carbonyl (C=O) groups is 2. The van der Waals surface area contributed by atoms with Gasteiger partial charge in [-0.1, -0.05) is 13.8 Å². The zero-order valence-corrected chi connectivity index (χ0v) is 11.4. The molecule has 0 spiro atoms. The molecule has 0 aromatic heterocycles. The highest BCUT2D eigenvalue weighted by Gasteiger charge is 2.22. The summed E-state index contributed by atoms with van der Waals surface area (Å²) >= 11 is 0. The number of hydrogen-bond donors (Lipinski definition) is 0. The van der Waals surface area contributed by atoms with Crippen LogP contribution in [0.1, 0.15) is 27.2 Å². The Bertz CT molecular complexity index is 282. The number of allylic oxidation sites excluding steroid dienone is 1. The van der Waals surface area contributed by atoms with Crippen molar-refractivity contribution in [1.82, 2.24) is 4.90 Å². The zero-order chi connectivity index (χ0) is 13.4. The molecule has 0 saturated carbocycles. The highest BCUT2D eigenvalue weighted by atomic mass is 16.5. The molecule has 0 fully saturated rings. The van der Waals surface area contributed by atoms with E-state index >= 15 is 0 Å². The lowest BCUT2D eigenvalue weighted by Crippen LogP contribution is -2.20. The third kappa shape index (κ3) is 6.09. The summed E-state index contributed by atoms with van der Waals surface area (Å²) in [5.41, 5.74) is 0.637. The molecule has 0 aliphatic heterocycles. The monoisotopic (exact) mass is 241 g/mol. The minimum atomic E-state index is -0.252. The van der Waals surface area contributed by atoms with Gasteiger partial charge in [0.15, 0.2) is 0 Å². The highest BCUT2D eigenvalue weighted by Crippen LogP contribution is 2.23. The fourth-order valence-electron chi connectivity index (χ4n) is 1.65. The first-order valence-corrected chi connectivity index (χ1v) is 5.91. The van der Waals surface area contributed by atoms with Crippen LogP contribution in [0.25, 0.3) is 0 Å². The van der Waals surface area contributed by atoms with Gasteiger partial charge in [-0.25, -0.2) is 0 Å². The Morgan fingerprint density at radius 2 is 1.94 bits per heavy atom. The molecule has 4 heteroatoms. The van der Waals surface area contributed by atoms with Crippen LogP contribution in [0.4, 0.5) is 0 Å². The number of carbonyl (C=O) groups excluding carboxylic acids is 2. The van der Waals surface area contributed by atoms with Crippen molar-refractivity contribution < 1.29 is 14.3 Å². The molecule has 0 saturated heterocycles. The van der Waals surface area contributed by atoms with E-state index in [1.54, 1.807) is 13.1 Å². The van der Waals surface area contributed by atoms with Gasteiger partial charge in [-0.3, -0.25) is 9.59 Å². The Labute approximate surface area is 104 Å². The number of nitrogens with zero attached hydrogens (tertiary/aromatic N) is 1. The number of ether oxygens (including phenoxy) is 1. The van der Waals surface area contributed by atoms with Gasteiger partial charge in [0.25, 0.3) is 0 Å². The second kappa shape index (κ2) is 7.87. The van der Waals surface area contributed by atoms with E-state index in [1.165, 1.54) is 0 Å². The van der Waals surface area contributed by atoms with Crippen LogP contribution in [0.5, 0.6) is 0 Å². The van der Waals surface area contributed by atoms with E-state index in [-0.39, 0.29) is 24.2 Å². The lowest BCUT2D eigenvalue weighted by molar-refractivity contribution is -0.144. The molecule has 0 aromatic carbocycles. The summed E-state index contributed by atoms with van der Waals surface area (Å²) in [5, 5.41) is 0. The Kier molecular flexibility index (Phi) is 7.26. The van der Waals surface area contributed by atoms with Crippen molar-refractivity contribution >= 4 is 12.3 Å².